The predicted octanol–water partition coefficient (Wildman–Crippen LogP) is 9.75. The lowest BCUT2D eigenvalue weighted by molar-refractivity contribution is 0.0963. The number of anilines is 3. The Morgan fingerprint density at radius 2 is 0.796 bits per heavy atom. The van der Waals surface area contributed by atoms with E-state index in [0.717, 1.165) is 132 Å². The molecule has 23 nitrogen and oxygen atoms in total. The summed E-state index contributed by atoms with van der Waals surface area (Å²) in [5, 5.41) is 16.0. The summed E-state index contributed by atoms with van der Waals surface area (Å²) in [5.74, 6) is 0.00107. The first-order valence-electron chi connectivity index (χ1n) is 35.9. The van der Waals surface area contributed by atoms with Gasteiger partial charge in [-0.1, -0.05) is 0 Å². The lowest BCUT2D eigenvalue weighted by Crippen LogP contribution is -2.63. The first-order valence-corrected chi connectivity index (χ1v) is 35.9. The Labute approximate surface area is 596 Å². The summed E-state index contributed by atoms with van der Waals surface area (Å²) < 4.78 is 64.1. The number of benzene rings is 3. The Morgan fingerprint density at radius 1 is 0.379 bits per heavy atom. The molecular formula is C77H87F3N20O3. The third-order valence-electron chi connectivity index (χ3n) is 22.1. The lowest BCUT2D eigenvalue weighted by atomic mass is 10.0. The summed E-state index contributed by atoms with van der Waals surface area (Å²) in [6.45, 7) is 20.3. The van der Waals surface area contributed by atoms with Gasteiger partial charge in [0, 0.05) is 248 Å². The Balaban J connectivity index is 0.000000119. The van der Waals surface area contributed by atoms with E-state index < -0.39 is 17.5 Å². The van der Waals surface area contributed by atoms with Crippen molar-refractivity contribution in [3.8, 4) is 51.2 Å². The van der Waals surface area contributed by atoms with Crippen LogP contribution in [0.25, 0.3) is 83.6 Å². The van der Waals surface area contributed by atoms with E-state index in [1.807, 2.05) is 45.7 Å². The van der Waals surface area contributed by atoms with E-state index in [0.29, 0.717) is 40.5 Å². The van der Waals surface area contributed by atoms with Crippen molar-refractivity contribution in [3.63, 3.8) is 0 Å². The number of likely N-dealkylation sites (N-methyl/N-ethyl adjacent to an activating group) is 3. The van der Waals surface area contributed by atoms with Crippen LogP contribution in [-0.2, 0) is 0 Å². The number of hydrogen-bond acceptors (Lipinski definition) is 20. The zero-order valence-electron chi connectivity index (χ0n) is 59.3. The van der Waals surface area contributed by atoms with Crippen LogP contribution in [-0.4, -0.2) is 261 Å². The molecule has 534 valence electrons. The van der Waals surface area contributed by atoms with Crippen LogP contribution >= 0.6 is 0 Å². The van der Waals surface area contributed by atoms with Crippen LogP contribution in [0.3, 0.4) is 0 Å². The second kappa shape index (κ2) is 29.1. The number of hydrogen-bond donors (Lipinski definition) is 0. The van der Waals surface area contributed by atoms with Gasteiger partial charge in [-0.25, -0.2) is 27.7 Å². The molecule has 15 heterocycles. The van der Waals surface area contributed by atoms with Crippen molar-refractivity contribution >= 4 is 66.7 Å². The van der Waals surface area contributed by atoms with Gasteiger partial charge in [0.15, 0.2) is 51.8 Å². The highest BCUT2D eigenvalue weighted by molar-refractivity contribution is 5.97. The molecule has 0 aliphatic carbocycles. The van der Waals surface area contributed by atoms with Crippen LogP contribution in [0.2, 0.25) is 0 Å². The third kappa shape index (κ3) is 13.7. The summed E-state index contributed by atoms with van der Waals surface area (Å²) >= 11 is 0. The fourth-order valence-electron chi connectivity index (χ4n) is 15.8. The molecule has 0 unspecified atom stereocenters. The molecule has 0 N–H and O–H groups in total. The minimum atomic E-state index is -0.434. The molecule has 18 rings (SSSR count). The Hall–Kier alpha value is -9.83. The van der Waals surface area contributed by atoms with Crippen LogP contribution in [0, 0.1) is 17.5 Å². The lowest BCUT2D eigenvalue weighted by Gasteiger charge is -2.48. The van der Waals surface area contributed by atoms with Crippen LogP contribution in [0.15, 0.2) is 135 Å². The van der Waals surface area contributed by atoms with Crippen LogP contribution in [0.1, 0.15) is 25.7 Å². The summed E-state index contributed by atoms with van der Waals surface area (Å²) in [6, 6.07) is 27.7. The van der Waals surface area contributed by atoms with Gasteiger partial charge in [0.2, 0.25) is 0 Å². The molecular weight excluding hydrogens is 1310 g/mol. The van der Waals surface area contributed by atoms with E-state index >= 15 is 0 Å². The van der Waals surface area contributed by atoms with Gasteiger partial charge in [0.1, 0.15) is 5.65 Å². The van der Waals surface area contributed by atoms with E-state index in [9.17, 15) is 13.2 Å². The van der Waals surface area contributed by atoms with E-state index in [1.165, 1.54) is 129 Å². The van der Waals surface area contributed by atoms with E-state index in [4.69, 9.17) is 24.3 Å². The number of nitrogens with zero attached hydrogens (tertiary/aromatic N) is 20. The zero-order valence-corrected chi connectivity index (χ0v) is 59.3. The van der Waals surface area contributed by atoms with Crippen molar-refractivity contribution in [1.82, 2.24) is 82.9 Å². The van der Waals surface area contributed by atoms with Crippen LogP contribution in [0.5, 0.6) is 17.2 Å². The average molecular weight is 1400 g/mol. The number of imidazole rings is 2. The SMILES string of the molecule is COc1cc2c(-c3cnc4cc(N5CC(N6CCN(C)CC6)C5)cnn34)ccnc2cc1F.COc1cc2c(-c3cnc4cc(N5CCC(N6CCN(C)CC6)CC5)ccn34)ccnc2cc1F.COc1cc2c(-c3nnc4cc(N5CCC(N6CCN(C)CC6)CC5)ccn34)ccnc2cc1F. The number of ether oxygens (including phenoxy) is 3. The average Bonchev–Trinajstić information content (AvgIpc) is 1.70. The topological polar surface area (TPSA) is 173 Å². The molecule has 9 aromatic heterocycles. The first-order chi connectivity index (χ1) is 50.3. The molecule has 3 aromatic carbocycles. The van der Waals surface area contributed by atoms with E-state index in [2.05, 4.69) is 136 Å². The third-order valence-corrected chi connectivity index (χ3v) is 22.1. The molecule has 6 aliphatic heterocycles. The van der Waals surface area contributed by atoms with Gasteiger partial charge in [0.05, 0.1) is 73.5 Å². The second-order valence-electron chi connectivity index (χ2n) is 28.1. The Bertz CT molecular complexity index is 4820. The number of aromatic nitrogens is 11. The number of fused-ring (bicyclic) bond motifs is 6. The maximum atomic E-state index is 14.2. The van der Waals surface area contributed by atoms with Gasteiger partial charge < -0.3 is 43.6 Å². The first kappa shape index (κ1) is 67.6. The van der Waals surface area contributed by atoms with Gasteiger partial charge in [-0.05, 0) is 95.4 Å². The molecule has 0 radical (unpaired) electrons. The molecule has 26 heteroatoms. The molecule has 0 saturated carbocycles. The number of piperidine rings is 2. The van der Waals surface area contributed by atoms with Crippen LogP contribution < -0.4 is 28.9 Å². The largest absolute Gasteiger partial charge is 0.494 e. The standard InChI is InChI=1S/C27H31FN6O.C26H30FN7O.C24H26FN7O/c1-31-11-13-33(14-12-31)19-4-8-32(9-5-19)20-6-10-34-25(18-30-27(34)15-20)21-3-7-29-24-17-23(28)26(35-2)16-22(21)24;1-31-11-13-33(14-12-31)18-4-8-32(9-5-18)19-6-10-34-25(15-19)29-30-26(34)20-3-7-28-23-17-22(27)24(35-2)16-21(20)23;1-29-5-7-30(8-6-29)17-14-31(15-17)16-9-24-27-13-22(32(24)28-12-16)18-3-4-26-21-11-20(25)23(33-2)10-19(18)21/h3,6-7,10,15-19H,4-5,8-9,11-14H2,1-2H3;3,6-7,10,15-18H,4-5,8-9,11-14H2,1-2H3;3-4,9-13,17H,5-8,14-15H2,1-2H3. The maximum absolute atomic E-state index is 14.2. The smallest absolute Gasteiger partial charge is 0.169 e. The fraction of sp³-hybridized carbons (Fsp3) is 0.403. The number of halogens is 3. The van der Waals surface area contributed by atoms with Crippen molar-refractivity contribution in [3.05, 3.63) is 152 Å². The van der Waals surface area contributed by atoms with Crippen molar-refractivity contribution in [2.75, 3.05) is 175 Å². The van der Waals surface area contributed by atoms with Gasteiger partial charge in [-0.15, -0.1) is 10.2 Å². The van der Waals surface area contributed by atoms with Gasteiger partial charge in [0.25, 0.3) is 0 Å². The quantitative estimate of drug-likeness (QED) is 0.113. The van der Waals surface area contributed by atoms with Crippen molar-refractivity contribution < 1.29 is 27.4 Å². The molecule has 0 bridgehead atoms. The molecule has 0 spiro atoms. The highest BCUT2D eigenvalue weighted by Crippen LogP contribution is 2.38. The molecule has 6 aliphatic rings. The maximum Gasteiger partial charge on any atom is 0.169 e. The predicted molar refractivity (Wildman–Crippen MR) is 397 cm³/mol. The molecule has 103 heavy (non-hydrogen) atoms. The zero-order chi connectivity index (χ0) is 70.4. The second-order valence-corrected chi connectivity index (χ2v) is 28.1. The van der Waals surface area contributed by atoms with Gasteiger partial charge in [-0.3, -0.25) is 38.5 Å². The molecule has 0 amide bonds. The summed E-state index contributed by atoms with van der Waals surface area (Å²) in [6.07, 6.45) is 19.5. The molecule has 0 atom stereocenters. The fourth-order valence-corrected chi connectivity index (χ4v) is 15.8. The monoisotopic (exact) mass is 1400 g/mol. The summed E-state index contributed by atoms with van der Waals surface area (Å²) in [4.78, 5) is 44.8. The Kier molecular flexibility index (Phi) is 19.1. The number of piperazine rings is 3. The molecule has 6 fully saturated rings. The highest BCUT2D eigenvalue weighted by Gasteiger charge is 2.35. The highest BCUT2D eigenvalue weighted by atomic mass is 19.1. The summed E-state index contributed by atoms with van der Waals surface area (Å²) in [7, 11) is 11.0. The minimum Gasteiger partial charge on any atom is -0.494 e. The van der Waals surface area contributed by atoms with Gasteiger partial charge in [-0.2, -0.15) is 5.10 Å². The Morgan fingerprint density at radius 3 is 1.29 bits per heavy atom. The van der Waals surface area contributed by atoms with E-state index in [1.54, 1.807) is 43.0 Å². The van der Waals surface area contributed by atoms with Crippen molar-refractivity contribution in [1.29, 1.82) is 0 Å². The number of rotatable bonds is 12. The van der Waals surface area contributed by atoms with Crippen LogP contribution in [0.4, 0.5) is 30.2 Å². The minimum absolute atomic E-state index is 0.183. The van der Waals surface area contributed by atoms with E-state index in [-0.39, 0.29) is 17.2 Å². The summed E-state index contributed by atoms with van der Waals surface area (Å²) in [5.41, 5.74) is 12.1. The molecule has 6 saturated heterocycles. The van der Waals surface area contributed by atoms with Crippen molar-refractivity contribution in [2.24, 2.45) is 0 Å². The molecule has 12 aromatic rings. The normalized spacial score (nSPS) is 18.4. The number of pyridine rings is 5. The van der Waals surface area contributed by atoms with Gasteiger partial charge >= 0.3 is 0 Å². The van der Waals surface area contributed by atoms with Crippen molar-refractivity contribution in [2.45, 2.75) is 43.8 Å². The number of methoxy groups -OCH3 is 3.